The molecule has 124 valence electrons. The maximum atomic E-state index is 11.9. The highest BCUT2D eigenvalue weighted by Gasteiger charge is 2.16. The van der Waals surface area contributed by atoms with Crippen molar-refractivity contribution in [3.05, 3.63) is 46.1 Å². The molecular formula is C16H15BrN4O3. The number of hydrogen-bond donors (Lipinski definition) is 0. The first kappa shape index (κ1) is 16.4. The lowest BCUT2D eigenvalue weighted by Gasteiger charge is -2.20. The molecule has 0 aliphatic rings. The topological polar surface area (TPSA) is 81.4 Å². The monoisotopic (exact) mass is 390 g/mol. The first-order chi connectivity index (χ1) is 11.5. The third-order valence-corrected chi connectivity index (χ3v) is 4.00. The summed E-state index contributed by atoms with van der Waals surface area (Å²) in [7, 11) is 3.23. The Morgan fingerprint density at radius 1 is 1.33 bits per heavy atom. The molecule has 0 aliphatic heterocycles. The molecule has 0 aliphatic carbocycles. The molecule has 0 saturated carbocycles. The van der Waals surface area contributed by atoms with E-state index in [0.717, 1.165) is 15.5 Å². The van der Waals surface area contributed by atoms with Crippen molar-refractivity contribution in [3.63, 3.8) is 0 Å². The van der Waals surface area contributed by atoms with E-state index in [9.17, 15) is 4.79 Å². The van der Waals surface area contributed by atoms with Crippen LogP contribution in [0.25, 0.3) is 10.9 Å². The predicted molar refractivity (Wildman–Crippen MR) is 91.9 cm³/mol. The van der Waals surface area contributed by atoms with Gasteiger partial charge in [0.15, 0.2) is 11.5 Å². The first-order valence-corrected chi connectivity index (χ1v) is 7.96. The van der Waals surface area contributed by atoms with Gasteiger partial charge in [0.05, 0.1) is 19.2 Å². The Balaban J connectivity index is 2.09. The lowest BCUT2D eigenvalue weighted by Crippen LogP contribution is -2.19. The van der Waals surface area contributed by atoms with Gasteiger partial charge in [-0.05, 0) is 24.3 Å². The van der Waals surface area contributed by atoms with Crippen LogP contribution in [0.5, 0.6) is 0 Å². The molecule has 0 unspecified atom stereocenters. The minimum absolute atomic E-state index is 0.249. The number of methoxy groups -OCH3 is 1. The summed E-state index contributed by atoms with van der Waals surface area (Å²) < 4.78 is 10.7. The number of aromatic nitrogens is 3. The SMILES string of the molecule is COC(=O)c1cc(N(C)Cc2noc(C)n2)c2cc(Br)ccc2n1. The molecule has 24 heavy (non-hydrogen) atoms. The minimum Gasteiger partial charge on any atom is -0.464 e. The number of esters is 1. The van der Waals surface area contributed by atoms with Crippen molar-refractivity contribution in [2.45, 2.75) is 13.5 Å². The van der Waals surface area contributed by atoms with Crippen LogP contribution in [0, 0.1) is 6.92 Å². The second-order valence-corrected chi connectivity index (χ2v) is 6.18. The van der Waals surface area contributed by atoms with Gasteiger partial charge in [-0.25, -0.2) is 9.78 Å². The van der Waals surface area contributed by atoms with Crippen molar-refractivity contribution < 1.29 is 14.1 Å². The molecular weight excluding hydrogens is 376 g/mol. The molecule has 7 nitrogen and oxygen atoms in total. The highest BCUT2D eigenvalue weighted by atomic mass is 79.9. The molecule has 0 radical (unpaired) electrons. The van der Waals surface area contributed by atoms with Crippen LogP contribution < -0.4 is 4.90 Å². The van der Waals surface area contributed by atoms with Gasteiger partial charge in [-0.3, -0.25) is 0 Å². The Kier molecular flexibility index (Phi) is 4.48. The number of carbonyl (C=O) groups excluding carboxylic acids is 1. The number of aryl methyl sites for hydroxylation is 1. The van der Waals surface area contributed by atoms with Gasteiger partial charge in [0, 0.05) is 29.5 Å². The van der Waals surface area contributed by atoms with Gasteiger partial charge < -0.3 is 14.2 Å². The average molecular weight is 391 g/mol. The van der Waals surface area contributed by atoms with Gasteiger partial charge in [-0.2, -0.15) is 4.98 Å². The summed E-state index contributed by atoms with van der Waals surface area (Å²) in [5.74, 6) is 0.593. The number of fused-ring (bicyclic) bond motifs is 1. The molecule has 0 fully saturated rings. The molecule has 2 aromatic heterocycles. The number of pyridine rings is 1. The summed E-state index contributed by atoms with van der Waals surface area (Å²) in [6.07, 6.45) is 0. The lowest BCUT2D eigenvalue weighted by atomic mass is 10.1. The smallest absolute Gasteiger partial charge is 0.356 e. The van der Waals surface area contributed by atoms with E-state index in [1.54, 1.807) is 13.0 Å². The summed E-state index contributed by atoms with van der Waals surface area (Å²) in [5, 5.41) is 4.81. The second kappa shape index (κ2) is 6.56. The van der Waals surface area contributed by atoms with Crippen molar-refractivity contribution >= 4 is 38.5 Å². The van der Waals surface area contributed by atoms with Crippen molar-refractivity contribution in [1.82, 2.24) is 15.1 Å². The number of anilines is 1. The van der Waals surface area contributed by atoms with E-state index >= 15 is 0 Å². The van der Waals surface area contributed by atoms with E-state index in [1.165, 1.54) is 7.11 Å². The maximum Gasteiger partial charge on any atom is 0.356 e. The van der Waals surface area contributed by atoms with Gasteiger partial charge in [-0.1, -0.05) is 21.1 Å². The van der Waals surface area contributed by atoms with Gasteiger partial charge in [0.2, 0.25) is 5.89 Å². The number of rotatable bonds is 4. The van der Waals surface area contributed by atoms with Crippen LogP contribution in [-0.2, 0) is 11.3 Å². The van der Waals surface area contributed by atoms with Crippen LogP contribution in [-0.4, -0.2) is 35.3 Å². The fourth-order valence-corrected chi connectivity index (χ4v) is 2.77. The molecule has 2 heterocycles. The number of halogens is 1. The standard InChI is InChI=1S/C16H15BrN4O3/c1-9-18-15(20-24-9)8-21(2)14-7-13(16(22)23-3)19-12-5-4-10(17)6-11(12)14/h4-7H,8H2,1-3H3. The molecule has 3 rings (SSSR count). The van der Waals surface area contributed by atoms with Crippen LogP contribution in [0.15, 0.2) is 33.3 Å². The number of ether oxygens (including phenoxy) is 1. The third kappa shape index (κ3) is 3.23. The van der Waals surface area contributed by atoms with E-state index in [2.05, 4.69) is 31.1 Å². The lowest BCUT2D eigenvalue weighted by molar-refractivity contribution is 0.0594. The summed E-state index contributed by atoms with van der Waals surface area (Å²) in [4.78, 5) is 22.4. The van der Waals surface area contributed by atoms with Crippen LogP contribution >= 0.6 is 15.9 Å². The Bertz CT molecular complexity index is 909. The van der Waals surface area contributed by atoms with Crippen molar-refractivity contribution in [2.24, 2.45) is 0 Å². The Hall–Kier alpha value is -2.48. The highest BCUT2D eigenvalue weighted by Crippen LogP contribution is 2.29. The van der Waals surface area contributed by atoms with Gasteiger partial charge in [0.1, 0.15) is 0 Å². The fraction of sp³-hybridized carbons (Fsp3) is 0.250. The molecule has 0 bridgehead atoms. The summed E-state index contributed by atoms with van der Waals surface area (Å²) in [6.45, 7) is 2.17. The number of hydrogen-bond acceptors (Lipinski definition) is 7. The number of carbonyl (C=O) groups is 1. The van der Waals surface area contributed by atoms with E-state index in [4.69, 9.17) is 9.26 Å². The van der Waals surface area contributed by atoms with Gasteiger partial charge in [0.25, 0.3) is 0 Å². The molecule has 1 aromatic carbocycles. The molecule has 0 N–H and O–H groups in total. The number of nitrogens with zero attached hydrogens (tertiary/aromatic N) is 4. The Morgan fingerprint density at radius 3 is 2.79 bits per heavy atom. The van der Waals surface area contributed by atoms with Crippen LogP contribution in [0.4, 0.5) is 5.69 Å². The first-order valence-electron chi connectivity index (χ1n) is 7.17. The molecule has 0 amide bonds. The minimum atomic E-state index is -0.482. The van der Waals surface area contributed by atoms with Gasteiger partial charge >= 0.3 is 5.97 Å². The Labute approximate surface area is 146 Å². The second-order valence-electron chi connectivity index (χ2n) is 5.27. The van der Waals surface area contributed by atoms with Crippen LogP contribution in [0.2, 0.25) is 0 Å². The van der Waals surface area contributed by atoms with E-state index in [0.29, 0.717) is 23.8 Å². The zero-order chi connectivity index (χ0) is 17.3. The summed E-state index contributed by atoms with van der Waals surface area (Å²) >= 11 is 3.47. The normalized spacial score (nSPS) is 10.8. The van der Waals surface area contributed by atoms with Crippen molar-refractivity contribution in [3.8, 4) is 0 Å². The van der Waals surface area contributed by atoms with E-state index in [-0.39, 0.29) is 5.69 Å². The average Bonchev–Trinajstić information content (AvgIpc) is 2.97. The predicted octanol–water partition coefficient (Wildman–Crippen LogP) is 3.11. The van der Waals surface area contributed by atoms with Crippen molar-refractivity contribution in [2.75, 3.05) is 19.1 Å². The zero-order valence-corrected chi connectivity index (χ0v) is 15.0. The summed E-state index contributed by atoms with van der Waals surface area (Å²) in [6, 6.07) is 7.38. The zero-order valence-electron chi connectivity index (χ0n) is 13.4. The third-order valence-electron chi connectivity index (χ3n) is 3.50. The highest BCUT2D eigenvalue weighted by molar-refractivity contribution is 9.10. The molecule has 0 atom stereocenters. The van der Waals surface area contributed by atoms with Crippen LogP contribution in [0.3, 0.4) is 0 Å². The van der Waals surface area contributed by atoms with E-state index in [1.807, 2.05) is 30.1 Å². The largest absolute Gasteiger partial charge is 0.464 e. The molecule has 8 heteroatoms. The van der Waals surface area contributed by atoms with E-state index < -0.39 is 5.97 Å². The fourth-order valence-electron chi connectivity index (χ4n) is 2.41. The molecule has 3 aromatic rings. The van der Waals surface area contributed by atoms with Gasteiger partial charge in [-0.15, -0.1) is 0 Å². The van der Waals surface area contributed by atoms with Crippen LogP contribution in [0.1, 0.15) is 22.2 Å². The molecule has 0 spiro atoms. The maximum absolute atomic E-state index is 11.9. The Morgan fingerprint density at radius 2 is 2.12 bits per heavy atom. The van der Waals surface area contributed by atoms with Crippen molar-refractivity contribution in [1.29, 1.82) is 0 Å². The molecule has 0 saturated heterocycles. The summed E-state index contributed by atoms with van der Waals surface area (Å²) in [5.41, 5.74) is 1.77. The quantitative estimate of drug-likeness (QED) is 0.632. The number of benzene rings is 1.